The number of amides is 1. The third-order valence-electron chi connectivity index (χ3n) is 6.52. The van der Waals surface area contributed by atoms with E-state index in [1.807, 2.05) is 25.1 Å². The number of carbonyl (C=O) groups is 1. The van der Waals surface area contributed by atoms with Gasteiger partial charge in [-0.05, 0) is 63.5 Å². The normalized spacial score (nSPS) is 24.4. The second-order valence-electron chi connectivity index (χ2n) is 9.22. The summed E-state index contributed by atoms with van der Waals surface area (Å²) >= 11 is 0. The van der Waals surface area contributed by atoms with Crippen LogP contribution in [0, 0.1) is 5.92 Å². The van der Waals surface area contributed by atoms with Gasteiger partial charge in [-0.25, -0.2) is 9.37 Å². The number of nitrogens with one attached hydrogen (secondary N) is 1. The number of hydrogen-bond acceptors (Lipinski definition) is 6. The van der Waals surface area contributed by atoms with E-state index in [4.69, 9.17) is 13.7 Å². The van der Waals surface area contributed by atoms with Gasteiger partial charge in [-0.3, -0.25) is 4.79 Å². The number of nitrogens with zero attached hydrogens (tertiary/aromatic N) is 2. The second kappa shape index (κ2) is 8.22. The fourth-order valence-corrected chi connectivity index (χ4v) is 4.35. The molecule has 5 rings (SSSR count). The van der Waals surface area contributed by atoms with Gasteiger partial charge in [0.1, 0.15) is 11.3 Å². The van der Waals surface area contributed by atoms with Gasteiger partial charge in [0.2, 0.25) is 11.8 Å². The predicted octanol–water partition coefficient (Wildman–Crippen LogP) is 5.32. The number of aromatic nitrogens is 2. The number of rotatable bonds is 7. The monoisotopic (exact) mass is 441 g/mol. The van der Waals surface area contributed by atoms with Crippen molar-refractivity contribution in [2.45, 2.75) is 70.0 Å². The average Bonchev–Trinajstić information content (AvgIpc) is 3.28. The van der Waals surface area contributed by atoms with Crippen molar-refractivity contribution in [3.05, 3.63) is 41.6 Å². The van der Waals surface area contributed by atoms with Gasteiger partial charge in [-0.2, -0.15) is 0 Å². The van der Waals surface area contributed by atoms with Crippen LogP contribution in [-0.4, -0.2) is 22.7 Å². The van der Waals surface area contributed by atoms with Gasteiger partial charge in [0.15, 0.2) is 17.0 Å². The molecule has 0 spiro atoms. The number of oxazole rings is 1. The quantitative estimate of drug-likeness (QED) is 0.533. The molecule has 1 aromatic carbocycles. The van der Waals surface area contributed by atoms with Gasteiger partial charge in [0.05, 0.1) is 18.3 Å². The first kappa shape index (κ1) is 21.0. The van der Waals surface area contributed by atoms with E-state index < -0.39 is 5.67 Å². The molecule has 1 atom stereocenters. The van der Waals surface area contributed by atoms with E-state index >= 15 is 4.39 Å². The lowest BCUT2D eigenvalue weighted by molar-refractivity contribution is -0.119. The van der Waals surface area contributed by atoms with Gasteiger partial charge in [0.25, 0.3) is 0 Å². The van der Waals surface area contributed by atoms with Gasteiger partial charge in [-0.1, -0.05) is 5.16 Å². The van der Waals surface area contributed by atoms with Crippen LogP contribution in [0.25, 0.3) is 11.1 Å². The highest BCUT2D eigenvalue weighted by molar-refractivity contribution is 5.74. The molecular weight excluding hydrogens is 413 g/mol. The Morgan fingerprint density at radius 3 is 2.78 bits per heavy atom. The van der Waals surface area contributed by atoms with E-state index in [0.717, 1.165) is 11.4 Å². The van der Waals surface area contributed by atoms with Gasteiger partial charge >= 0.3 is 0 Å². The van der Waals surface area contributed by atoms with Crippen LogP contribution < -0.4 is 10.1 Å². The minimum absolute atomic E-state index is 0.104. The molecule has 0 bridgehead atoms. The summed E-state index contributed by atoms with van der Waals surface area (Å²) in [5.74, 6) is 2.12. The maximum Gasteiger partial charge on any atom is 0.233 e. The maximum atomic E-state index is 15.8. The Bertz CT molecular complexity index is 1110. The van der Waals surface area contributed by atoms with E-state index in [9.17, 15) is 4.79 Å². The lowest BCUT2D eigenvalue weighted by atomic mass is 9.78. The summed E-state index contributed by atoms with van der Waals surface area (Å²) in [6.45, 7) is 4.02. The van der Waals surface area contributed by atoms with Crippen LogP contribution in [0.4, 0.5) is 4.39 Å². The summed E-state index contributed by atoms with van der Waals surface area (Å²) < 4.78 is 32.8. The van der Waals surface area contributed by atoms with Crippen molar-refractivity contribution in [2.24, 2.45) is 5.92 Å². The van der Waals surface area contributed by atoms with Crippen LogP contribution in [0.5, 0.6) is 5.75 Å². The van der Waals surface area contributed by atoms with Crippen LogP contribution in [-0.2, 0) is 10.5 Å². The Balaban J connectivity index is 1.25. The summed E-state index contributed by atoms with van der Waals surface area (Å²) in [6, 6.07) is 7.10. The fourth-order valence-electron chi connectivity index (χ4n) is 4.35. The minimum Gasteiger partial charge on any atom is -0.493 e. The molecule has 2 saturated carbocycles. The molecule has 8 heteroatoms. The van der Waals surface area contributed by atoms with Crippen molar-refractivity contribution in [3.63, 3.8) is 0 Å². The molecule has 1 amide bonds. The Kier molecular flexibility index (Phi) is 5.39. The summed E-state index contributed by atoms with van der Waals surface area (Å²) in [5, 5.41) is 6.95. The number of carbonyl (C=O) groups excluding carboxylic acids is 1. The van der Waals surface area contributed by atoms with Crippen molar-refractivity contribution in [1.29, 1.82) is 0 Å². The first-order chi connectivity index (χ1) is 15.4. The molecule has 7 nitrogen and oxygen atoms in total. The van der Waals surface area contributed by atoms with Crippen LogP contribution in [0.15, 0.2) is 33.2 Å². The molecule has 2 heterocycles. The fraction of sp³-hybridized carbons (Fsp3) is 0.542. The van der Waals surface area contributed by atoms with Gasteiger partial charge < -0.3 is 19.0 Å². The summed E-state index contributed by atoms with van der Waals surface area (Å²) in [5.41, 5.74) is 0.404. The summed E-state index contributed by atoms with van der Waals surface area (Å²) in [6.07, 6.45) is 4.29. The lowest BCUT2D eigenvalue weighted by Gasteiger charge is -2.30. The van der Waals surface area contributed by atoms with Crippen LogP contribution >= 0.6 is 0 Å². The molecule has 0 saturated heterocycles. The highest BCUT2D eigenvalue weighted by Crippen LogP contribution is 2.46. The highest BCUT2D eigenvalue weighted by Gasteiger charge is 2.42. The third kappa shape index (κ3) is 4.36. The topological polar surface area (TPSA) is 90.4 Å². The molecule has 3 aromatic rings. The van der Waals surface area contributed by atoms with Crippen molar-refractivity contribution >= 4 is 17.0 Å². The van der Waals surface area contributed by atoms with Crippen molar-refractivity contribution < 1.29 is 22.9 Å². The Hall–Kier alpha value is -2.90. The Morgan fingerprint density at radius 1 is 1.28 bits per heavy atom. The van der Waals surface area contributed by atoms with E-state index in [-0.39, 0.29) is 23.8 Å². The zero-order valence-corrected chi connectivity index (χ0v) is 18.4. The van der Waals surface area contributed by atoms with Crippen molar-refractivity contribution in [2.75, 3.05) is 6.61 Å². The molecule has 2 aliphatic rings. The van der Waals surface area contributed by atoms with E-state index in [1.54, 1.807) is 6.07 Å². The van der Waals surface area contributed by atoms with Crippen LogP contribution in [0.1, 0.15) is 81.7 Å². The summed E-state index contributed by atoms with van der Waals surface area (Å²) in [7, 11) is 0. The molecule has 2 aliphatic carbocycles. The smallest absolute Gasteiger partial charge is 0.233 e. The van der Waals surface area contributed by atoms with Gasteiger partial charge in [0, 0.05) is 25.0 Å². The van der Waals surface area contributed by atoms with Crippen LogP contribution in [0.3, 0.4) is 0 Å². The largest absolute Gasteiger partial charge is 0.493 e. The molecule has 1 N–H and O–H groups in total. The average molecular weight is 442 g/mol. The number of fused-ring (bicyclic) bond motifs is 1. The highest BCUT2D eigenvalue weighted by atomic mass is 19.1. The number of alkyl halides is 1. The van der Waals surface area contributed by atoms with Crippen molar-refractivity contribution in [1.82, 2.24) is 15.5 Å². The molecule has 0 aliphatic heterocycles. The second-order valence-corrected chi connectivity index (χ2v) is 9.22. The molecule has 2 aromatic heterocycles. The first-order valence-corrected chi connectivity index (χ1v) is 11.4. The number of benzene rings is 1. The molecule has 170 valence electrons. The van der Waals surface area contributed by atoms with Gasteiger partial charge in [-0.15, -0.1) is 0 Å². The molecule has 1 unspecified atom stereocenters. The molecular formula is C24H28FN3O4. The lowest BCUT2D eigenvalue weighted by Crippen LogP contribution is -2.27. The first-order valence-electron chi connectivity index (χ1n) is 11.4. The standard InChI is InChI=1S/C24H28FN3O4/c1-14(26-15(2)29)21-12-20(28-32-21)17-7-9-24(25,10-8-17)23-27-19-6-5-18(11-22(19)31-23)30-13-16-3-4-16/h5-6,11-12,14,16-17H,3-4,7-10,13H2,1-2H3,(H,26,29). The number of halogens is 1. The number of ether oxygens (including phenoxy) is 1. The third-order valence-corrected chi connectivity index (χ3v) is 6.52. The molecule has 2 fully saturated rings. The predicted molar refractivity (Wildman–Crippen MR) is 115 cm³/mol. The maximum absolute atomic E-state index is 15.8. The number of hydrogen-bond donors (Lipinski definition) is 1. The SMILES string of the molecule is CC(=O)NC(C)c1cc(C2CCC(F)(c3nc4ccc(OCC5CC5)cc4o3)CC2)no1. The Labute approximate surface area is 185 Å². The van der Waals surface area contributed by atoms with E-state index in [2.05, 4.69) is 15.5 Å². The van der Waals surface area contributed by atoms with Crippen molar-refractivity contribution in [3.8, 4) is 5.75 Å². The molecule has 0 radical (unpaired) electrons. The van der Waals surface area contributed by atoms with E-state index in [1.165, 1.54) is 19.8 Å². The summed E-state index contributed by atoms with van der Waals surface area (Å²) in [4.78, 5) is 15.7. The Morgan fingerprint density at radius 2 is 2.06 bits per heavy atom. The zero-order chi connectivity index (χ0) is 22.3. The zero-order valence-electron chi connectivity index (χ0n) is 18.4. The molecule has 32 heavy (non-hydrogen) atoms. The van der Waals surface area contributed by atoms with Crippen LogP contribution in [0.2, 0.25) is 0 Å². The minimum atomic E-state index is -1.60. The van der Waals surface area contributed by atoms with E-state index in [0.29, 0.717) is 55.1 Å².